The molecule has 0 spiro atoms. The SMILES string of the molecule is CCNC(=NCc1ccc(C)cc1OC(C)(C)C)NC(C)CCS(C)(=O)=O. The second kappa shape index (κ2) is 9.97. The van der Waals surface area contributed by atoms with Crippen molar-refractivity contribution in [1.29, 1.82) is 0 Å². The zero-order chi connectivity index (χ0) is 20.7. The Morgan fingerprint density at radius 1 is 1.30 bits per heavy atom. The molecular weight excluding hydrogens is 362 g/mol. The highest BCUT2D eigenvalue weighted by atomic mass is 32.2. The van der Waals surface area contributed by atoms with E-state index in [4.69, 9.17) is 4.74 Å². The van der Waals surface area contributed by atoms with Gasteiger partial charge in [-0.1, -0.05) is 12.1 Å². The number of hydrogen-bond acceptors (Lipinski definition) is 4. The lowest BCUT2D eigenvalue weighted by Crippen LogP contribution is -2.42. The van der Waals surface area contributed by atoms with E-state index in [-0.39, 0.29) is 17.4 Å². The third-order valence-corrected chi connectivity index (χ3v) is 4.67. The number of aryl methyl sites for hydroxylation is 1. The summed E-state index contributed by atoms with van der Waals surface area (Å²) in [5, 5.41) is 6.48. The first-order chi connectivity index (χ1) is 12.4. The van der Waals surface area contributed by atoms with E-state index in [1.807, 2.05) is 53.7 Å². The molecule has 7 heteroatoms. The summed E-state index contributed by atoms with van der Waals surface area (Å²) in [4.78, 5) is 4.65. The van der Waals surface area contributed by atoms with E-state index < -0.39 is 9.84 Å². The van der Waals surface area contributed by atoms with E-state index in [0.717, 1.165) is 23.4 Å². The van der Waals surface area contributed by atoms with E-state index in [2.05, 4.69) is 21.7 Å². The number of sulfone groups is 1. The number of nitrogens with one attached hydrogen (secondary N) is 2. The molecule has 1 aromatic rings. The van der Waals surface area contributed by atoms with E-state index >= 15 is 0 Å². The molecule has 0 aliphatic heterocycles. The molecule has 0 amide bonds. The maximum absolute atomic E-state index is 11.3. The van der Waals surface area contributed by atoms with E-state index in [9.17, 15) is 8.42 Å². The number of nitrogens with zero attached hydrogens (tertiary/aromatic N) is 1. The van der Waals surface area contributed by atoms with Crippen LogP contribution in [0, 0.1) is 6.92 Å². The molecule has 154 valence electrons. The Kier molecular flexibility index (Phi) is 8.59. The van der Waals surface area contributed by atoms with Crippen molar-refractivity contribution in [2.45, 2.75) is 66.2 Å². The lowest BCUT2D eigenvalue weighted by molar-refractivity contribution is 0.129. The molecule has 0 aromatic heterocycles. The molecule has 1 atom stereocenters. The highest BCUT2D eigenvalue weighted by Gasteiger charge is 2.15. The summed E-state index contributed by atoms with van der Waals surface area (Å²) < 4.78 is 28.8. The number of aliphatic imine (C=N–C) groups is 1. The third-order valence-electron chi connectivity index (χ3n) is 3.70. The first kappa shape index (κ1) is 23.3. The van der Waals surface area contributed by atoms with Crippen LogP contribution in [-0.4, -0.2) is 44.6 Å². The fourth-order valence-corrected chi connectivity index (χ4v) is 3.18. The zero-order valence-electron chi connectivity index (χ0n) is 17.7. The number of guanidine groups is 1. The molecule has 0 saturated heterocycles. The molecule has 0 heterocycles. The van der Waals surface area contributed by atoms with Crippen LogP contribution < -0.4 is 15.4 Å². The maximum atomic E-state index is 11.3. The highest BCUT2D eigenvalue weighted by molar-refractivity contribution is 7.90. The number of rotatable bonds is 8. The average molecular weight is 398 g/mol. The number of benzene rings is 1. The Bertz CT molecular complexity index is 737. The molecule has 0 aliphatic rings. The Balaban J connectivity index is 2.88. The van der Waals surface area contributed by atoms with Gasteiger partial charge in [-0.2, -0.15) is 0 Å². The minimum Gasteiger partial charge on any atom is -0.488 e. The van der Waals surface area contributed by atoms with Gasteiger partial charge in [-0.15, -0.1) is 0 Å². The van der Waals surface area contributed by atoms with Crippen LogP contribution in [0.25, 0.3) is 0 Å². The van der Waals surface area contributed by atoms with E-state index in [1.54, 1.807) is 0 Å². The molecular formula is C20H35N3O3S. The Morgan fingerprint density at radius 3 is 2.52 bits per heavy atom. The summed E-state index contributed by atoms with van der Waals surface area (Å²) in [6, 6.07) is 6.12. The normalized spacial score (nSPS) is 14.0. The number of hydrogen-bond donors (Lipinski definition) is 2. The summed E-state index contributed by atoms with van der Waals surface area (Å²) in [5.74, 6) is 1.66. The smallest absolute Gasteiger partial charge is 0.191 e. The summed E-state index contributed by atoms with van der Waals surface area (Å²) in [7, 11) is -2.97. The Labute approximate surface area is 164 Å². The van der Waals surface area contributed by atoms with Gasteiger partial charge in [-0.05, 0) is 59.6 Å². The van der Waals surface area contributed by atoms with Gasteiger partial charge in [0.25, 0.3) is 0 Å². The molecule has 0 saturated carbocycles. The van der Waals surface area contributed by atoms with Crippen LogP contribution in [-0.2, 0) is 16.4 Å². The summed E-state index contributed by atoms with van der Waals surface area (Å²) >= 11 is 0. The molecule has 1 aromatic carbocycles. The van der Waals surface area contributed by atoms with Gasteiger partial charge in [-0.25, -0.2) is 13.4 Å². The van der Waals surface area contributed by atoms with Crippen LogP contribution in [0.1, 0.15) is 52.2 Å². The van der Waals surface area contributed by atoms with Crippen LogP contribution in [0.5, 0.6) is 5.75 Å². The number of ether oxygens (including phenoxy) is 1. The fourth-order valence-electron chi connectivity index (χ4n) is 2.40. The molecule has 0 aliphatic carbocycles. The van der Waals surface area contributed by atoms with Crippen molar-refractivity contribution in [2.75, 3.05) is 18.6 Å². The molecule has 0 radical (unpaired) electrons. The molecule has 0 bridgehead atoms. The van der Waals surface area contributed by atoms with E-state index in [1.165, 1.54) is 6.26 Å². The summed E-state index contributed by atoms with van der Waals surface area (Å²) in [6.07, 6.45) is 1.79. The van der Waals surface area contributed by atoms with Gasteiger partial charge < -0.3 is 15.4 Å². The second-order valence-corrected chi connectivity index (χ2v) is 10.2. The lowest BCUT2D eigenvalue weighted by atomic mass is 10.1. The van der Waals surface area contributed by atoms with Gasteiger partial charge in [0.1, 0.15) is 21.2 Å². The van der Waals surface area contributed by atoms with Gasteiger partial charge >= 0.3 is 0 Å². The van der Waals surface area contributed by atoms with Crippen LogP contribution in [0.3, 0.4) is 0 Å². The largest absolute Gasteiger partial charge is 0.488 e. The lowest BCUT2D eigenvalue weighted by Gasteiger charge is -2.23. The summed E-state index contributed by atoms with van der Waals surface area (Å²) in [6.45, 7) is 13.3. The third kappa shape index (κ3) is 10.2. The Hall–Kier alpha value is -1.76. The van der Waals surface area contributed by atoms with Gasteiger partial charge in [0.05, 0.1) is 12.3 Å². The first-order valence-electron chi connectivity index (χ1n) is 9.40. The van der Waals surface area contributed by atoms with Crippen molar-refractivity contribution in [3.8, 4) is 5.75 Å². The quantitative estimate of drug-likeness (QED) is 0.521. The minimum atomic E-state index is -2.97. The van der Waals surface area contributed by atoms with Gasteiger partial charge in [0.2, 0.25) is 0 Å². The second-order valence-electron chi connectivity index (χ2n) is 7.98. The summed E-state index contributed by atoms with van der Waals surface area (Å²) in [5.41, 5.74) is 1.87. The monoisotopic (exact) mass is 397 g/mol. The molecule has 1 rings (SSSR count). The molecule has 0 fully saturated rings. The van der Waals surface area contributed by atoms with Crippen LogP contribution in [0.4, 0.5) is 0 Å². The topological polar surface area (TPSA) is 79.8 Å². The predicted octanol–water partition coefficient (Wildman–Crippen LogP) is 3.05. The Morgan fingerprint density at radius 2 is 1.96 bits per heavy atom. The van der Waals surface area contributed by atoms with Crippen LogP contribution in [0.2, 0.25) is 0 Å². The average Bonchev–Trinajstić information content (AvgIpc) is 2.50. The van der Waals surface area contributed by atoms with Crippen molar-refractivity contribution in [2.24, 2.45) is 4.99 Å². The highest BCUT2D eigenvalue weighted by Crippen LogP contribution is 2.25. The van der Waals surface area contributed by atoms with Crippen molar-refractivity contribution in [3.05, 3.63) is 29.3 Å². The maximum Gasteiger partial charge on any atom is 0.191 e. The molecule has 1 unspecified atom stereocenters. The minimum absolute atomic E-state index is 0.000776. The van der Waals surface area contributed by atoms with E-state index in [0.29, 0.717) is 18.9 Å². The van der Waals surface area contributed by atoms with Gasteiger partial charge in [0.15, 0.2) is 5.96 Å². The van der Waals surface area contributed by atoms with Crippen molar-refractivity contribution in [1.82, 2.24) is 10.6 Å². The molecule has 27 heavy (non-hydrogen) atoms. The van der Waals surface area contributed by atoms with Gasteiger partial charge in [-0.3, -0.25) is 0 Å². The van der Waals surface area contributed by atoms with Crippen LogP contribution >= 0.6 is 0 Å². The van der Waals surface area contributed by atoms with Gasteiger partial charge in [0, 0.05) is 24.4 Å². The predicted molar refractivity (Wildman–Crippen MR) is 113 cm³/mol. The first-order valence-corrected chi connectivity index (χ1v) is 11.5. The molecule has 2 N–H and O–H groups in total. The molecule has 6 nitrogen and oxygen atoms in total. The van der Waals surface area contributed by atoms with Crippen molar-refractivity contribution < 1.29 is 13.2 Å². The van der Waals surface area contributed by atoms with Crippen molar-refractivity contribution >= 4 is 15.8 Å². The van der Waals surface area contributed by atoms with Crippen LogP contribution in [0.15, 0.2) is 23.2 Å². The van der Waals surface area contributed by atoms with Crippen molar-refractivity contribution in [3.63, 3.8) is 0 Å². The zero-order valence-corrected chi connectivity index (χ0v) is 18.5. The fraction of sp³-hybridized carbons (Fsp3) is 0.650. The standard InChI is InChI=1S/C20H35N3O3S/c1-8-21-19(23-16(3)11-12-27(7,24)25)22-14-17-10-9-15(2)13-18(17)26-20(4,5)6/h9-10,13,16H,8,11-12,14H2,1-7H3,(H2,21,22,23).